The number of hydrogen-bond acceptors (Lipinski definition) is 4. The third kappa shape index (κ3) is 6.60. The Balaban J connectivity index is 1.49. The average molecular weight is 418 g/mol. The zero-order chi connectivity index (χ0) is 22.1. The molecule has 0 aliphatic heterocycles. The summed E-state index contributed by atoms with van der Waals surface area (Å²) in [7, 11) is 0. The first-order valence-electron chi connectivity index (χ1n) is 10.3. The van der Waals surface area contributed by atoms with Gasteiger partial charge < -0.3 is 20.7 Å². The lowest BCUT2D eigenvalue weighted by atomic mass is 10.1. The standard InChI is InChI=1S/C25H27N3O3/c1-3-31-23-11-7-10-22(16-23)28-24(29)17-26-21-14-12-20(13-15-21)25(30)27-18(2)19-8-5-4-6-9-19/h4-16,18,26H,3,17H2,1-2H3,(H,27,30)(H,28,29). The summed E-state index contributed by atoms with van der Waals surface area (Å²) in [6, 6.07) is 24.0. The minimum absolute atomic E-state index is 0.0866. The number of carbonyl (C=O) groups is 2. The molecule has 0 saturated carbocycles. The highest BCUT2D eigenvalue weighted by Gasteiger charge is 2.11. The second-order valence-corrected chi connectivity index (χ2v) is 7.05. The number of ether oxygens (including phenoxy) is 1. The highest BCUT2D eigenvalue weighted by Crippen LogP contribution is 2.17. The van der Waals surface area contributed by atoms with Crippen LogP contribution in [0.1, 0.15) is 35.8 Å². The van der Waals surface area contributed by atoms with Gasteiger partial charge in [0.15, 0.2) is 0 Å². The van der Waals surface area contributed by atoms with Crippen molar-refractivity contribution in [3.63, 3.8) is 0 Å². The third-order valence-corrected chi connectivity index (χ3v) is 4.68. The van der Waals surface area contributed by atoms with Gasteiger partial charge >= 0.3 is 0 Å². The van der Waals surface area contributed by atoms with Crippen molar-refractivity contribution in [1.29, 1.82) is 0 Å². The predicted molar refractivity (Wildman–Crippen MR) is 123 cm³/mol. The molecule has 160 valence electrons. The number of hydrogen-bond donors (Lipinski definition) is 3. The summed E-state index contributed by atoms with van der Waals surface area (Å²) < 4.78 is 5.44. The molecule has 1 unspecified atom stereocenters. The molecule has 6 nitrogen and oxygen atoms in total. The van der Waals surface area contributed by atoms with Crippen LogP contribution < -0.4 is 20.7 Å². The molecular weight excluding hydrogens is 390 g/mol. The number of rotatable bonds is 9. The van der Waals surface area contributed by atoms with Gasteiger partial charge in [0.1, 0.15) is 5.75 Å². The molecular formula is C25H27N3O3. The van der Waals surface area contributed by atoms with Gasteiger partial charge in [0.25, 0.3) is 5.91 Å². The van der Waals surface area contributed by atoms with Crippen molar-refractivity contribution in [3.8, 4) is 5.75 Å². The van der Waals surface area contributed by atoms with Crippen molar-refractivity contribution in [2.45, 2.75) is 19.9 Å². The van der Waals surface area contributed by atoms with E-state index in [1.54, 1.807) is 30.3 Å². The van der Waals surface area contributed by atoms with Gasteiger partial charge in [0, 0.05) is 23.0 Å². The lowest BCUT2D eigenvalue weighted by Crippen LogP contribution is -2.26. The van der Waals surface area contributed by atoms with Crippen molar-refractivity contribution in [3.05, 3.63) is 90.0 Å². The van der Waals surface area contributed by atoms with Crippen LogP contribution in [0.5, 0.6) is 5.75 Å². The van der Waals surface area contributed by atoms with E-state index in [9.17, 15) is 9.59 Å². The first-order chi connectivity index (χ1) is 15.0. The zero-order valence-corrected chi connectivity index (χ0v) is 17.7. The summed E-state index contributed by atoms with van der Waals surface area (Å²) in [4.78, 5) is 24.7. The molecule has 0 saturated heterocycles. The molecule has 3 aromatic carbocycles. The van der Waals surface area contributed by atoms with Gasteiger partial charge in [-0.1, -0.05) is 36.4 Å². The van der Waals surface area contributed by atoms with E-state index in [1.165, 1.54) is 0 Å². The van der Waals surface area contributed by atoms with Crippen molar-refractivity contribution in [2.24, 2.45) is 0 Å². The quantitative estimate of drug-likeness (QED) is 0.474. The largest absolute Gasteiger partial charge is 0.494 e. The fraction of sp³-hybridized carbons (Fsp3) is 0.200. The summed E-state index contributed by atoms with van der Waals surface area (Å²) in [5, 5.41) is 8.88. The van der Waals surface area contributed by atoms with Crippen molar-refractivity contribution in [1.82, 2.24) is 5.32 Å². The average Bonchev–Trinajstić information content (AvgIpc) is 2.79. The Hall–Kier alpha value is -3.80. The molecule has 3 rings (SSSR count). The van der Waals surface area contributed by atoms with Crippen LogP contribution in [0, 0.1) is 0 Å². The summed E-state index contributed by atoms with van der Waals surface area (Å²) >= 11 is 0. The van der Waals surface area contributed by atoms with Crippen molar-refractivity contribution in [2.75, 3.05) is 23.8 Å². The van der Waals surface area contributed by atoms with Crippen LogP contribution >= 0.6 is 0 Å². The molecule has 0 radical (unpaired) electrons. The molecule has 3 N–H and O–H groups in total. The summed E-state index contributed by atoms with van der Waals surface area (Å²) in [5.74, 6) is 0.394. The molecule has 0 aliphatic carbocycles. The molecule has 0 aromatic heterocycles. The van der Waals surface area contributed by atoms with Crippen LogP contribution in [0.2, 0.25) is 0 Å². The number of amides is 2. The minimum Gasteiger partial charge on any atom is -0.494 e. The highest BCUT2D eigenvalue weighted by atomic mass is 16.5. The van der Waals surface area contributed by atoms with E-state index >= 15 is 0 Å². The van der Waals surface area contributed by atoms with Crippen LogP contribution in [0.15, 0.2) is 78.9 Å². The normalized spacial score (nSPS) is 11.3. The van der Waals surface area contributed by atoms with E-state index in [0.717, 1.165) is 11.3 Å². The molecule has 0 spiro atoms. The van der Waals surface area contributed by atoms with E-state index in [1.807, 2.05) is 62.4 Å². The predicted octanol–water partition coefficient (Wildman–Crippen LogP) is 4.63. The monoisotopic (exact) mass is 417 g/mol. The number of carbonyl (C=O) groups excluding carboxylic acids is 2. The maximum absolute atomic E-state index is 12.5. The number of nitrogens with one attached hydrogen (secondary N) is 3. The molecule has 0 aliphatic rings. The Morgan fingerprint density at radius 1 is 0.903 bits per heavy atom. The van der Waals surface area contributed by atoms with E-state index < -0.39 is 0 Å². The van der Waals surface area contributed by atoms with Crippen LogP contribution in [-0.4, -0.2) is 25.0 Å². The summed E-state index contributed by atoms with van der Waals surface area (Å²) in [6.07, 6.45) is 0. The van der Waals surface area contributed by atoms with Gasteiger partial charge in [-0.3, -0.25) is 9.59 Å². The topological polar surface area (TPSA) is 79.5 Å². The highest BCUT2D eigenvalue weighted by molar-refractivity contribution is 5.95. The van der Waals surface area contributed by atoms with Crippen LogP contribution in [-0.2, 0) is 4.79 Å². The van der Waals surface area contributed by atoms with Crippen molar-refractivity contribution < 1.29 is 14.3 Å². The first kappa shape index (κ1) is 21.9. The van der Waals surface area contributed by atoms with Crippen LogP contribution in [0.25, 0.3) is 0 Å². The Morgan fingerprint density at radius 3 is 2.35 bits per heavy atom. The van der Waals surface area contributed by atoms with Gasteiger partial charge in [-0.2, -0.15) is 0 Å². The maximum atomic E-state index is 12.5. The van der Waals surface area contributed by atoms with E-state index in [4.69, 9.17) is 4.74 Å². The van der Waals surface area contributed by atoms with Gasteiger partial charge in [-0.25, -0.2) is 0 Å². The maximum Gasteiger partial charge on any atom is 0.251 e. The fourth-order valence-electron chi connectivity index (χ4n) is 3.06. The molecule has 2 amide bonds. The van der Waals surface area contributed by atoms with Gasteiger partial charge in [0.2, 0.25) is 5.91 Å². The molecule has 1 atom stereocenters. The SMILES string of the molecule is CCOc1cccc(NC(=O)CNc2ccc(C(=O)NC(C)c3ccccc3)cc2)c1. The van der Waals surface area contributed by atoms with Gasteiger partial charge in [0.05, 0.1) is 19.2 Å². The molecule has 0 fully saturated rings. The molecule has 0 heterocycles. The second kappa shape index (κ2) is 10.8. The minimum atomic E-state index is -0.174. The summed E-state index contributed by atoms with van der Waals surface area (Å²) in [6.45, 7) is 4.54. The number of anilines is 2. The van der Waals surface area contributed by atoms with E-state index in [0.29, 0.717) is 23.6 Å². The number of benzene rings is 3. The van der Waals surface area contributed by atoms with Gasteiger partial charge in [-0.15, -0.1) is 0 Å². The van der Waals surface area contributed by atoms with Crippen LogP contribution in [0.4, 0.5) is 11.4 Å². The fourth-order valence-corrected chi connectivity index (χ4v) is 3.06. The van der Waals surface area contributed by atoms with E-state index in [2.05, 4.69) is 16.0 Å². The molecule has 31 heavy (non-hydrogen) atoms. The smallest absolute Gasteiger partial charge is 0.251 e. The zero-order valence-electron chi connectivity index (χ0n) is 17.7. The first-order valence-corrected chi connectivity index (χ1v) is 10.3. The third-order valence-electron chi connectivity index (χ3n) is 4.68. The lowest BCUT2D eigenvalue weighted by Gasteiger charge is -2.14. The van der Waals surface area contributed by atoms with Gasteiger partial charge in [-0.05, 0) is 55.8 Å². The Kier molecular flexibility index (Phi) is 7.65. The van der Waals surface area contributed by atoms with Crippen LogP contribution in [0.3, 0.4) is 0 Å². The Bertz CT molecular complexity index is 1000. The lowest BCUT2D eigenvalue weighted by molar-refractivity contribution is -0.114. The molecule has 6 heteroatoms. The molecule has 0 bridgehead atoms. The Labute approximate surface area is 182 Å². The summed E-state index contributed by atoms with van der Waals surface area (Å²) in [5.41, 5.74) is 3.04. The second-order valence-electron chi connectivity index (χ2n) is 7.05. The van der Waals surface area contributed by atoms with Crippen molar-refractivity contribution >= 4 is 23.2 Å². The van der Waals surface area contributed by atoms with E-state index in [-0.39, 0.29) is 24.4 Å². The Morgan fingerprint density at radius 2 is 1.65 bits per heavy atom. The molecule has 3 aromatic rings.